The second kappa shape index (κ2) is 7.57. The SMILES string of the molecule is COc1cccc2c1[P@](C(C)(C)C)[C@H]([C@@H]1Oc3cccc(OC)c3[P@]1C(C)(C)C)O2. The third kappa shape index (κ3) is 3.47. The van der Waals surface area contributed by atoms with Crippen molar-refractivity contribution in [3.63, 3.8) is 0 Å². The molecule has 0 amide bonds. The summed E-state index contributed by atoms with van der Waals surface area (Å²) in [6.07, 6.45) is 0. The Morgan fingerprint density at radius 3 is 1.33 bits per heavy atom. The summed E-state index contributed by atoms with van der Waals surface area (Å²) in [5, 5.41) is 2.54. The van der Waals surface area contributed by atoms with Gasteiger partial charge in [0.05, 0.1) is 24.8 Å². The molecule has 0 saturated heterocycles. The zero-order valence-electron chi connectivity index (χ0n) is 19.1. The van der Waals surface area contributed by atoms with Crippen LogP contribution in [0.2, 0.25) is 0 Å². The van der Waals surface area contributed by atoms with E-state index in [1.165, 1.54) is 10.6 Å². The van der Waals surface area contributed by atoms with Gasteiger partial charge in [-0.2, -0.15) is 0 Å². The maximum absolute atomic E-state index is 6.70. The molecule has 0 fully saturated rings. The van der Waals surface area contributed by atoms with Crippen LogP contribution in [0.5, 0.6) is 23.0 Å². The predicted octanol–water partition coefficient (Wildman–Crippen LogP) is 5.65. The molecule has 4 rings (SSSR count). The molecule has 0 bridgehead atoms. The summed E-state index contributed by atoms with van der Waals surface area (Å²) in [5.41, 5.74) is 0. The van der Waals surface area contributed by atoms with E-state index in [1.54, 1.807) is 14.2 Å². The lowest BCUT2D eigenvalue weighted by Crippen LogP contribution is -2.38. The van der Waals surface area contributed by atoms with Gasteiger partial charge in [0.15, 0.2) is 11.7 Å². The molecule has 30 heavy (non-hydrogen) atoms. The van der Waals surface area contributed by atoms with Crippen LogP contribution in [0, 0.1) is 0 Å². The number of hydrogen-bond donors (Lipinski definition) is 0. The minimum atomic E-state index is -0.690. The van der Waals surface area contributed by atoms with Gasteiger partial charge in [0.25, 0.3) is 0 Å². The summed E-state index contributed by atoms with van der Waals surface area (Å²) in [6.45, 7) is 13.8. The maximum atomic E-state index is 6.70. The smallest absolute Gasteiger partial charge is 0.162 e. The first-order valence-electron chi connectivity index (χ1n) is 10.3. The van der Waals surface area contributed by atoms with E-state index >= 15 is 0 Å². The molecule has 0 spiro atoms. The number of benzene rings is 2. The average Bonchev–Trinajstić information content (AvgIpc) is 3.25. The minimum Gasteiger partial charge on any atom is -0.496 e. The van der Waals surface area contributed by atoms with Crippen molar-refractivity contribution in [3.8, 4) is 23.0 Å². The van der Waals surface area contributed by atoms with Crippen LogP contribution in [0.3, 0.4) is 0 Å². The number of fused-ring (bicyclic) bond motifs is 2. The van der Waals surface area contributed by atoms with Crippen LogP contribution in [0.4, 0.5) is 0 Å². The number of methoxy groups -OCH3 is 2. The lowest BCUT2D eigenvalue weighted by Gasteiger charge is -2.39. The van der Waals surface area contributed by atoms with Gasteiger partial charge in [0.2, 0.25) is 0 Å². The molecular formula is C24H32O4P2. The molecule has 162 valence electrons. The van der Waals surface area contributed by atoms with Crippen LogP contribution < -0.4 is 29.6 Å². The van der Waals surface area contributed by atoms with Crippen LogP contribution in [-0.4, -0.2) is 36.2 Å². The van der Waals surface area contributed by atoms with Gasteiger partial charge < -0.3 is 18.9 Å². The standard InChI is InChI=1S/C24H32O4P2/c1-23(2,3)29-19-15(25-7)11-9-13-17(19)27-21(29)22-28-18-14-10-12-16(26-8)20(18)30(22)24(4,5)6/h9-14,21-22H,1-8H3/t21-,22-,29+,30+/m1/s1. The van der Waals surface area contributed by atoms with Crippen molar-refractivity contribution in [2.75, 3.05) is 14.2 Å². The van der Waals surface area contributed by atoms with Crippen LogP contribution in [-0.2, 0) is 0 Å². The van der Waals surface area contributed by atoms with Gasteiger partial charge in [-0.25, -0.2) is 0 Å². The zero-order chi connectivity index (χ0) is 21.8. The molecule has 2 aromatic rings. The van der Waals surface area contributed by atoms with E-state index in [-0.39, 0.29) is 22.0 Å². The Bertz CT molecular complexity index is 868. The topological polar surface area (TPSA) is 36.9 Å². The van der Waals surface area contributed by atoms with Crippen LogP contribution >= 0.6 is 15.8 Å². The van der Waals surface area contributed by atoms with Crippen molar-refractivity contribution in [1.82, 2.24) is 0 Å². The molecule has 6 heteroatoms. The van der Waals surface area contributed by atoms with Gasteiger partial charge in [0.1, 0.15) is 23.0 Å². The van der Waals surface area contributed by atoms with Gasteiger partial charge in [-0.15, -0.1) is 0 Å². The Morgan fingerprint density at radius 2 is 1.03 bits per heavy atom. The van der Waals surface area contributed by atoms with Gasteiger partial charge in [-0.05, 0) is 50.4 Å². The number of ether oxygens (including phenoxy) is 4. The van der Waals surface area contributed by atoms with E-state index in [0.29, 0.717) is 0 Å². The van der Waals surface area contributed by atoms with Crippen molar-refractivity contribution < 1.29 is 18.9 Å². The molecule has 0 N–H and O–H groups in total. The molecule has 2 aromatic carbocycles. The van der Waals surface area contributed by atoms with Gasteiger partial charge in [-0.1, -0.05) is 53.7 Å². The zero-order valence-corrected chi connectivity index (χ0v) is 20.9. The normalized spacial score (nSPS) is 25.2. The molecule has 4 nitrogen and oxygen atoms in total. The number of rotatable bonds is 3. The fraction of sp³-hybridized carbons (Fsp3) is 0.500. The summed E-state index contributed by atoms with van der Waals surface area (Å²) >= 11 is 0. The maximum Gasteiger partial charge on any atom is 0.162 e. The van der Waals surface area contributed by atoms with Crippen molar-refractivity contribution in [2.24, 2.45) is 0 Å². The number of hydrogen-bond acceptors (Lipinski definition) is 4. The monoisotopic (exact) mass is 446 g/mol. The van der Waals surface area contributed by atoms with E-state index in [4.69, 9.17) is 18.9 Å². The summed E-state index contributed by atoms with van der Waals surface area (Å²) in [7, 11) is 2.11. The van der Waals surface area contributed by atoms with E-state index in [2.05, 4.69) is 53.7 Å². The molecule has 2 heterocycles. The molecule has 0 aliphatic carbocycles. The third-order valence-electron chi connectivity index (χ3n) is 5.54. The summed E-state index contributed by atoms with van der Waals surface area (Å²) < 4.78 is 24.9. The highest BCUT2D eigenvalue weighted by Gasteiger charge is 2.55. The lowest BCUT2D eigenvalue weighted by molar-refractivity contribution is 0.171. The molecule has 0 radical (unpaired) electrons. The van der Waals surface area contributed by atoms with E-state index in [9.17, 15) is 0 Å². The van der Waals surface area contributed by atoms with Gasteiger partial charge >= 0.3 is 0 Å². The second-order valence-corrected chi connectivity index (χ2v) is 15.8. The molecule has 2 aliphatic rings. The average molecular weight is 446 g/mol. The summed E-state index contributed by atoms with van der Waals surface area (Å²) in [5.74, 6) is 3.66. The molecule has 4 atom stereocenters. The van der Waals surface area contributed by atoms with E-state index < -0.39 is 15.8 Å². The first kappa shape index (κ1) is 21.7. The van der Waals surface area contributed by atoms with Crippen LogP contribution in [0.1, 0.15) is 41.5 Å². The highest BCUT2D eigenvalue weighted by molar-refractivity contribution is 7.72. The first-order valence-corrected chi connectivity index (χ1v) is 13.2. The summed E-state index contributed by atoms with van der Waals surface area (Å²) in [6, 6.07) is 12.3. The molecule has 0 aromatic heterocycles. The minimum absolute atomic E-state index is 0.0336. The van der Waals surface area contributed by atoms with Crippen molar-refractivity contribution >= 4 is 26.5 Å². The van der Waals surface area contributed by atoms with Crippen LogP contribution in [0.25, 0.3) is 0 Å². The van der Waals surface area contributed by atoms with Crippen molar-refractivity contribution in [3.05, 3.63) is 36.4 Å². The van der Waals surface area contributed by atoms with Crippen molar-refractivity contribution in [2.45, 2.75) is 63.5 Å². The molecular weight excluding hydrogens is 414 g/mol. The Balaban J connectivity index is 1.85. The quantitative estimate of drug-likeness (QED) is 0.571. The second-order valence-electron chi connectivity index (χ2n) is 9.71. The Hall–Kier alpha value is -1.50. The highest BCUT2D eigenvalue weighted by Crippen LogP contribution is 2.69. The Labute approximate surface area is 182 Å². The highest BCUT2D eigenvalue weighted by atomic mass is 31.1. The van der Waals surface area contributed by atoms with E-state index in [0.717, 1.165) is 23.0 Å². The largest absolute Gasteiger partial charge is 0.496 e. The lowest BCUT2D eigenvalue weighted by atomic mass is 10.2. The molecule has 0 saturated carbocycles. The Morgan fingerprint density at radius 1 is 0.667 bits per heavy atom. The van der Waals surface area contributed by atoms with E-state index in [1.807, 2.05) is 24.3 Å². The predicted molar refractivity (Wildman–Crippen MR) is 127 cm³/mol. The van der Waals surface area contributed by atoms with Crippen molar-refractivity contribution in [1.29, 1.82) is 0 Å². The fourth-order valence-corrected chi connectivity index (χ4v) is 11.2. The van der Waals surface area contributed by atoms with Crippen LogP contribution in [0.15, 0.2) is 36.4 Å². The molecule has 0 unspecified atom stereocenters. The third-order valence-corrected chi connectivity index (χ3v) is 12.3. The fourth-order valence-electron chi connectivity index (χ4n) is 4.42. The van der Waals surface area contributed by atoms with Gasteiger partial charge in [-0.3, -0.25) is 0 Å². The Kier molecular flexibility index (Phi) is 5.48. The summed E-state index contributed by atoms with van der Waals surface area (Å²) in [4.78, 5) is 0. The first-order chi connectivity index (χ1) is 14.1. The van der Waals surface area contributed by atoms with Gasteiger partial charge in [0, 0.05) is 0 Å². The molecule has 2 aliphatic heterocycles.